The third-order valence-corrected chi connectivity index (χ3v) is 5.27. The molecule has 1 aromatic carbocycles. The molecular weight excluding hydrogens is 368 g/mol. The maximum absolute atomic E-state index is 13.0. The first-order valence-electron chi connectivity index (χ1n) is 10.1. The number of hydrogen-bond acceptors (Lipinski definition) is 5. The van der Waals surface area contributed by atoms with Gasteiger partial charge in [0.05, 0.1) is 25.7 Å². The fourth-order valence-electron chi connectivity index (χ4n) is 3.72. The zero-order chi connectivity index (χ0) is 20.6. The topological polar surface area (TPSA) is 73.1 Å². The largest absolute Gasteiger partial charge is 0.344 e. The number of carbonyl (C=O) groups is 1. The number of hydroxylamine groups is 2. The first-order chi connectivity index (χ1) is 14.1. The van der Waals surface area contributed by atoms with Crippen LogP contribution in [-0.2, 0) is 11.4 Å². The summed E-state index contributed by atoms with van der Waals surface area (Å²) in [6.07, 6.45) is 7.23. The van der Waals surface area contributed by atoms with Crippen molar-refractivity contribution in [3.63, 3.8) is 0 Å². The van der Waals surface area contributed by atoms with E-state index in [4.69, 9.17) is 4.84 Å². The highest BCUT2D eigenvalue weighted by atomic mass is 16.7. The fraction of sp³-hybridized carbons (Fsp3) is 0.524. The molecule has 156 valence electrons. The summed E-state index contributed by atoms with van der Waals surface area (Å²) in [5.74, 6) is 0. The lowest BCUT2D eigenvalue weighted by molar-refractivity contribution is -0.140. The van der Waals surface area contributed by atoms with Crippen LogP contribution in [0.2, 0.25) is 0 Å². The van der Waals surface area contributed by atoms with E-state index in [-0.39, 0.29) is 24.3 Å². The van der Waals surface area contributed by atoms with Crippen molar-refractivity contribution < 1.29 is 9.63 Å². The molecule has 2 fully saturated rings. The number of benzene rings is 1. The number of fused-ring (bicyclic) bond motifs is 2. The maximum Gasteiger partial charge on any atom is 0.344 e. The van der Waals surface area contributed by atoms with Gasteiger partial charge in [-0.15, -0.1) is 0 Å². The van der Waals surface area contributed by atoms with Gasteiger partial charge < -0.3 is 4.90 Å². The highest BCUT2D eigenvalue weighted by Crippen LogP contribution is 2.31. The minimum Gasteiger partial charge on any atom is -0.316 e. The number of allylic oxidation sites excluding steroid dienone is 2. The van der Waals surface area contributed by atoms with Gasteiger partial charge in [-0.2, -0.15) is 10.2 Å². The highest BCUT2D eigenvalue weighted by Gasteiger charge is 2.46. The molecule has 2 aliphatic rings. The molecule has 2 heterocycles. The monoisotopic (exact) mass is 398 g/mol. The van der Waals surface area contributed by atoms with Crippen LogP contribution in [0.5, 0.6) is 0 Å². The molecule has 0 saturated carbocycles. The lowest BCUT2D eigenvalue weighted by Gasteiger charge is -2.34. The van der Waals surface area contributed by atoms with Gasteiger partial charge in [-0.05, 0) is 38.3 Å². The SMILES string of the molecule is C/C=C\C=N/C(C)N(C[C@@H]1CC[C@@H]2CN1C(=O)N2OCc1ccccc1)/N=N\C. The standard InChI is InChI=1S/C21H30N6O2/c1-4-5-13-23-17(2)26(24-22-3)15-19-11-12-20-14-25(19)21(28)27(20)29-16-18-9-7-6-8-10-18/h4-10,13,17,19-20H,11-12,14-16H2,1-3H3/b5-4-,23-13-,24-22-/t17?,19-,20+/m0/s1. The Morgan fingerprint density at radius 1 is 1.31 bits per heavy atom. The van der Waals surface area contributed by atoms with Gasteiger partial charge in [-0.1, -0.05) is 41.6 Å². The van der Waals surface area contributed by atoms with E-state index in [1.165, 1.54) is 0 Å². The Morgan fingerprint density at radius 2 is 2.10 bits per heavy atom. The predicted octanol–water partition coefficient (Wildman–Crippen LogP) is 3.68. The predicted molar refractivity (Wildman–Crippen MR) is 112 cm³/mol. The maximum atomic E-state index is 13.0. The van der Waals surface area contributed by atoms with Crippen LogP contribution in [0.1, 0.15) is 32.3 Å². The van der Waals surface area contributed by atoms with E-state index >= 15 is 0 Å². The van der Waals surface area contributed by atoms with E-state index < -0.39 is 0 Å². The van der Waals surface area contributed by atoms with Crippen LogP contribution >= 0.6 is 0 Å². The van der Waals surface area contributed by atoms with Crippen molar-refractivity contribution in [2.75, 3.05) is 20.1 Å². The smallest absolute Gasteiger partial charge is 0.316 e. The first kappa shape index (κ1) is 21.0. The van der Waals surface area contributed by atoms with Gasteiger partial charge in [0.15, 0.2) is 0 Å². The fourth-order valence-corrected chi connectivity index (χ4v) is 3.72. The van der Waals surface area contributed by atoms with E-state index in [9.17, 15) is 4.79 Å². The molecule has 0 aliphatic carbocycles. The summed E-state index contributed by atoms with van der Waals surface area (Å²) in [5, 5.41) is 11.6. The lowest BCUT2D eigenvalue weighted by atomic mass is 10.0. The second-order valence-corrected chi connectivity index (χ2v) is 7.27. The van der Waals surface area contributed by atoms with E-state index in [2.05, 4.69) is 15.3 Å². The van der Waals surface area contributed by atoms with Crippen molar-refractivity contribution in [3.8, 4) is 0 Å². The minimum atomic E-state index is -0.157. The van der Waals surface area contributed by atoms with Gasteiger partial charge in [-0.3, -0.25) is 14.8 Å². The number of carbonyl (C=O) groups excluding carboxylic acids is 1. The molecule has 3 atom stereocenters. The minimum absolute atomic E-state index is 0.0631. The molecule has 1 unspecified atom stereocenters. The third-order valence-electron chi connectivity index (χ3n) is 5.27. The molecule has 3 rings (SSSR count). The van der Waals surface area contributed by atoms with Crippen LogP contribution in [-0.4, -0.2) is 65.6 Å². The van der Waals surface area contributed by atoms with Crippen molar-refractivity contribution in [2.45, 2.75) is 51.5 Å². The molecule has 8 nitrogen and oxygen atoms in total. The molecule has 0 spiro atoms. The van der Waals surface area contributed by atoms with E-state index in [1.54, 1.807) is 18.3 Å². The van der Waals surface area contributed by atoms with Crippen molar-refractivity contribution in [2.24, 2.45) is 15.3 Å². The van der Waals surface area contributed by atoms with Crippen molar-refractivity contribution in [1.29, 1.82) is 0 Å². The first-order valence-corrected chi connectivity index (χ1v) is 10.1. The van der Waals surface area contributed by atoms with E-state index in [1.807, 2.05) is 66.2 Å². The van der Waals surface area contributed by atoms with Gasteiger partial charge in [0.25, 0.3) is 0 Å². The summed E-state index contributed by atoms with van der Waals surface area (Å²) in [4.78, 5) is 25.2. The van der Waals surface area contributed by atoms with Crippen LogP contribution in [0.15, 0.2) is 57.8 Å². The Bertz CT molecular complexity index is 751. The summed E-state index contributed by atoms with van der Waals surface area (Å²) in [6.45, 7) is 5.60. The van der Waals surface area contributed by atoms with Crippen molar-refractivity contribution in [3.05, 3.63) is 48.0 Å². The van der Waals surface area contributed by atoms with Crippen LogP contribution in [0, 0.1) is 0 Å². The van der Waals surface area contributed by atoms with Crippen LogP contribution in [0.3, 0.4) is 0 Å². The summed E-state index contributed by atoms with van der Waals surface area (Å²) in [7, 11) is 1.65. The molecule has 2 aliphatic heterocycles. The molecule has 2 bridgehead atoms. The zero-order valence-corrected chi connectivity index (χ0v) is 17.4. The summed E-state index contributed by atoms with van der Waals surface area (Å²) >= 11 is 0. The van der Waals surface area contributed by atoms with E-state index in [0.29, 0.717) is 19.7 Å². The Balaban J connectivity index is 1.61. The van der Waals surface area contributed by atoms with Crippen LogP contribution < -0.4 is 0 Å². The van der Waals surface area contributed by atoms with Gasteiger partial charge in [0.2, 0.25) is 0 Å². The molecular formula is C21H30N6O2. The van der Waals surface area contributed by atoms with Crippen molar-refractivity contribution >= 4 is 12.2 Å². The normalized spacial score (nSPS) is 23.1. The van der Waals surface area contributed by atoms with Crippen LogP contribution in [0.25, 0.3) is 0 Å². The molecule has 0 aromatic heterocycles. The number of nitrogens with zero attached hydrogens (tertiary/aromatic N) is 6. The van der Waals surface area contributed by atoms with Gasteiger partial charge in [-0.25, -0.2) is 4.79 Å². The van der Waals surface area contributed by atoms with Crippen molar-refractivity contribution in [1.82, 2.24) is 15.0 Å². The Labute approximate surface area is 172 Å². The molecule has 0 radical (unpaired) electrons. The number of piperidine rings is 1. The molecule has 29 heavy (non-hydrogen) atoms. The Kier molecular flexibility index (Phi) is 7.35. The number of hydrogen-bond donors (Lipinski definition) is 0. The molecule has 2 saturated heterocycles. The molecule has 1 aromatic rings. The quantitative estimate of drug-likeness (QED) is 0.362. The lowest BCUT2D eigenvalue weighted by Crippen LogP contribution is -2.47. The number of aliphatic imine (C=N–C) groups is 1. The number of urea groups is 1. The third kappa shape index (κ3) is 5.20. The summed E-state index contributed by atoms with van der Waals surface area (Å²) in [6, 6.07) is 10.0. The molecule has 8 heteroatoms. The molecule has 2 amide bonds. The molecule has 0 N–H and O–H groups in total. The Morgan fingerprint density at radius 3 is 2.83 bits per heavy atom. The number of rotatable bonds is 9. The summed E-state index contributed by atoms with van der Waals surface area (Å²) < 4.78 is 0. The second-order valence-electron chi connectivity index (χ2n) is 7.27. The van der Waals surface area contributed by atoms with Crippen LogP contribution in [0.4, 0.5) is 4.79 Å². The summed E-state index contributed by atoms with van der Waals surface area (Å²) in [5.41, 5.74) is 1.05. The van der Waals surface area contributed by atoms with Gasteiger partial charge >= 0.3 is 6.03 Å². The number of amides is 2. The average molecular weight is 399 g/mol. The van der Waals surface area contributed by atoms with Gasteiger partial charge in [0, 0.05) is 12.8 Å². The van der Waals surface area contributed by atoms with E-state index in [0.717, 1.165) is 18.4 Å². The zero-order valence-electron chi connectivity index (χ0n) is 17.4. The highest BCUT2D eigenvalue weighted by molar-refractivity contribution is 5.77. The second kappa shape index (κ2) is 10.2. The average Bonchev–Trinajstić information content (AvgIpc) is 2.99. The van der Waals surface area contributed by atoms with Gasteiger partial charge in [0.1, 0.15) is 12.8 Å². The Hall–Kier alpha value is -2.74.